The Morgan fingerprint density at radius 3 is 2.62 bits per heavy atom. The van der Waals surface area contributed by atoms with Crippen LogP contribution in [0.3, 0.4) is 0 Å². The topological polar surface area (TPSA) is 74.5 Å². The third kappa shape index (κ3) is 5.06. The van der Waals surface area contributed by atoms with Crippen LogP contribution in [0.15, 0.2) is 45.6 Å². The van der Waals surface area contributed by atoms with Crippen molar-refractivity contribution in [2.45, 2.75) is 19.4 Å². The van der Waals surface area contributed by atoms with Crippen molar-refractivity contribution in [3.05, 3.63) is 52.5 Å². The van der Waals surface area contributed by atoms with E-state index in [2.05, 4.69) is 14.9 Å². The van der Waals surface area contributed by atoms with E-state index in [9.17, 15) is 18.0 Å². The average molecular weight is 384 g/mol. The van der Waals surface area contributed by atoms with Gasteiger partial charge >= 0.3 is 12.3 Å². The SMILES string of the molecule is O=C(Cc1ccsc1)OCc1nc(-c2ccc(OC(F)(F)F)cc2)no1. The smallest absolute Gasteiger partial charge is 0.455 e. The minimum absolute atomic E-state index is 0.0780. The van der Waals surface area contributed by atoms with Crippen LogP contribution in [0.1, 0.15) is 11.5 Å². The van der Waals surface area contributed by atoms with Crippen molar-refractivity contribution in [1.29, 1.82) is 0 Å². The number of alkyl halides is 3. The highest BCUT2D eigenvalue weighted by atomic mass is 32.1. The zero-order chi connectivity index (χ0) is 18.6. The second kappa shape index (κ2) is 7.56. The van der Waals surface area contributed by atoms with E-state index < -0.39 is 12.3 Å². The number of hydrogen-bond acceptors (Lipinski definition) is 7. The van der Waals surface area contributed by atoms with Gasteiger partial charge in [0.2, 0.25) is 5.82 Å². The first-order valence-corrected chi connectivity index (χ1v) is 8.19. The van der Waals surface area contributed by atoms with Gasteiger partial charge in [0, 0.05) is 5.56 Å². The molecule has 1 aromatic carbocycles. The quantitative estimate of drug-likeness (QED) is 0.599. The number of ether oxygens (including phenoxy) is 2. The summed E-state index contributed by atoms with van der Waals surface area (Å²) in [5, 5.41) is 7.41. The van der Waals surface area contributed by atoms with Crippen LogP contribution < -0.4 is 4.74 Å². The van der Waals surface area contributed by atoms with Crippen molar-refractivity contribution >= 4 is 17.3 Å². The largest absolute Gasteiger partial charge is 0.573 e. The van der Waals surface area contributed by atoms with Gasteiger partial charge in [-0.1, -0.05) is 5.16 Å². The fourth-order valence-electron chi connectivity index (χ4n) is 1.99. The molecule has 2 heterocycles. The van der Waals surface area contributed by atoms with Crippen LogP contribution in [-0.4, -0.2) is 22.5 Å². The molecule has 0 aliphatic heterocycles. The van der Waals surface area contributed by atoms with Crippen molar-refractivity contribution in [2.75, 3.05) is 0 Å². The van der Waals surface area contributed by atoms with Gasteiger partial charge < -0.3 is 14.0 Å². The van der Waals surface area contributed by atoms with Gasteiger partial charge in [0.15, 0.2) is 6.61 Å². The maximum atomic E-state index is 12.1. The Bertz CT molecular complexity index is 861. The zero-order valence-electron chi connectivity index (χ0n) is 13.0. The van der Waals surface area contributed by atoms with Crippen LogP contribution in [0.2, 0.25) is 0 Å². The van der Waals surface area contributed by atoms with E-state index in [4.69, 9.17) is 9.26 Å². The van der Waals surface area contributed by atoms with Crippen molar-refractivity contribution in [3.8, 4) is 17.1 Å². The maximum absolute atomic E-state index is 12.1. The average Bonchev–Trinajstić information content (AvgIpc) is 3.24. The summed E-state index contributed by atoms with van der Waals surface area (Å²) in [4.78, 5) is 15.7. The second-order valence-electron chi connectivity index (χ2n) is 5.05. The van der Waals surface area contributed by atoms with Gasteiger partial charge in [-0.25, -0.2) is 0 Å². The molecule has 0 N–H and O–H groups in total. The molecule has 0 aliphatic carbocycles. The number of carbonyl (C=O) groups is 1. The Labute approximate surface area is 149 Å². The second-order valence-corrected chi connectivity index (χ2v) is 5.83. The van der Waals surface area contributed by atoms with E-state index in [0.29, 0.717) is 5.56 Å². The maximum Gasteiger partial charge on any atom is 0.573 e. The summed E-state index contributed by atoms with van der Waals surface area (Å²) in [6, 6.07) is 6.82. The number of thiophene rings is 1. The number of hydrogen-bond donors (Lipinski definition) is 0. The van der Waals surface area contributed by atoms with Crippen molar-refractivity contribution in [2.24, 2.45) is 0 Å². The Hall–Kier alpha value is -2.88. The minimum Gasteiger partial charge on any atom is -0.455 e. The van der Waals surface area contributed by atoms with Crippen LogP contribution >= 0.6 is 11.3 Å². The molecule has 3 aromatic rings. The molecule has 3 rings (SSSR count). The van der Waals surface area contributed by atoms with Gasteiger partial charge in [-0.2, -0.15) is 16.3 Å². The Morgan fingerprint density at radius 2 is 1.96 bits per heavy atom. The minimum atomic E-state index is -4.76. The molecule has 10 heteroatoms. The lowest BCUT2D eigenvalue weighted by atomic mass is 10.2. The van der Waals surface area contributed by atoms with Crippen molar-refractivity contribution in [3.63, 3.8) is 0 Å². The highest BCUT2D eigenvalue weighted by Gasteiger charge is 2.31. The molecule has 0 amide bonds. The summed E-state index contributed by atoms with van der Waals surface area (Å²) >= 11 is 1.48. The lowest BCUT2D eigenvalue weighted by Gasteiger charge is -2.08. The highest BCUT2D eigenvalue weighted by molar-refractivity contribution is 7.07. The fraction of sp³-hybridized carbons (Fsp3) is 0.188. The normalized spacial score (nSPS) is 11.3. The van der Waals surface area contributed by atoms with Crippen LogP contribution in [0.4, 0.5) is 13.2 Å². The molecular weight excluding hydrogens is 373 g/mol. The van der Waals surface area contributed by atoms with E-state index in [1.807, 2.05) is 16.8 Å². The summed E-state index contributed by atoms with van der Waals surface area (Å²) in [5.74, 6) is -0.550. The predicted molar refractivity (Wildman–Crippen MR) is 84.2 cm³/mol. The summed E-state index contributed by atoms with van der Waals surface area (Å²) < 4.78 is 50.2. The van der Waals surface area contributed by atoms with E-state index in [1.165, 1.54) is 23.5 Å². The number of rotatable bonds is 6. The molecule has 0 spiro atoms. The highest BCUT2D eigenvalue weighted by Crippen LogP contribution is 2.25. The standard InChI is InChI=1S/C16H11F3N2O4S/c17-16(18,19)24-12-3-1-11(2-4-12)15-20-13(25-21-15)8-23-14(22)7-10-5-6-26-9-10/h1-6,9H,7-8H2. The first-order valence-electron chi connectivity index (χ1n) is 7.24. The van der Waals surface area contributed by atoms with Gasteiger partial charge in [-0.05, 0) is 46.7 Å². The van der Waals surface area contributed by atoms with Gasteiger partial charge in [-0.3, -0.25) is 4.79 Å². The lowest BCUT2D eigenvalue weighted by molar-refractivity contribution is -0.274. The predicted octanol–water partition coefficient (Wildman–Crippen LogP) is 3.98. The molecular formula is C16H11F3N2O4S. The molecule has 0 saturated heterocycles. The monoisotopic (exact) mass is 384 g/mol. The van der Waals surface area contributed by atoms with E-state index >= 15 is 0 Å². The molecule has 0 unspecified atom stereocenters. The molecule has 0 radical (unpaired) electrons. The Kier molecular flexibility index (Phi) is 5.21. The van der Waals surface area contributed by atoms with Crippen molar-refractivity contribution < 1.29 is 32.0 Å². The summed E-state index contributed by atoms with van der Waals surface area (Å²) in [6.07, 6.45) is -4.61. The molecule has 0 saturated carbocycles. The lowest BCUT2D eigenvalue weighted by Crippen LogP contribution is -2.16. The molecule has 0 fully saturated rings. The van der Waals surface area contributed by atoms with Crippen molar-refractivity contribution in [1.82, 2.24) is 10.1 Å². The van der Waals surface area contributed by atoms with Crippen LogP contribution in [-0.2, 0) is 22.6 Å². The first-order chi connectivity index (χ1) is 12.4. The zero-order valence-corrected chi connectivity index (χ0v) is 13.8. The van der Waals surface area contributed by atoms with E-state index in [1.54, 1.807) is 0 Å². The molecule has 2 aromatic heterocycles. The van der Waals surface area contributed by atoms with E-state index in [-0.39, 0.29) is 30.5 Å². The molecule has 0 aliphatic rings. The number of carbonyl (C=O) groups excluding carboxylic acids is 1. The number of benzene rings is 1. The molecule has 6 nitrogen and oxygen atoms in total. The van der Waals surface area contributed by atoms with Gasteiger partial charge in [0.05, 0.1) is 6.42 Å². The Morgan fingerprint density at radius 1 is 1.19 bits per heavy atom. The third-order valence-electron chi connectivity index (χ3n) is 3.10. The van der Waals surface area contributed by atoms with E-state index in [0.717, 1.165) is 17.7 Å². The molecule has 0 bridgehead atoms. The van der Waals surface area contributed by atoms with Crippen LogP contribution in [0, 0.1) is 0 Å². The van der Waals surface area contributed by atoms with Crippen LogP contribution in [0.5, 0.6) is 5.75 Å². The van der Waals surface area contributed by atoms with Gasteiger partial charge in [-0.15, -0.1) is 13.2 Å². The fourth-order valence-corrected chi connectivity index (χ4v) is 2.66. The Balaban J connectivity index is 1.56. The number of aromatic nitrogens is 2. The molecule has 136 valence electrons. The van der Waals surface area contributed by atoms with Crippen LogP contribution in [0.25, 0.3) is 11.4 Å². The van der Waals surface area contributed by atoms with Gasteiger partial charge in [0.25, 0.3) is 5.89 Å². The summed E-state index contributed by atoms with van der Waals surface area (Å²) in [6.45, 7) is -0.189. The number of esters is 1. The molecule has 0 atom stereocenters. The third-order valence-corrected chi connectivity index (χ3v) is 3.83. The van der Waals surface area contributed by atoms with Gasteiger partial charge in [0.1, 0.15) is 5.75 Å². The molecule has 26 heavy (non-hydrogen) atoms. The summed E-state index contributed by atoms with van der Waals surface area (Å²) in [7, 11) is 0. The number of halogens is 3. The summed E-state index contributed by atoms with van der Waals surface area (Å²) in [5.41, 5.74) is 1.28. The number of nitrogens with zero attached hydrogens (tertiary/aromatic N) is 2. The first kappa shape index (κ1) is 17.9.